The van der Waals surface area contributed by atoms with Gasteiger partial charge in [-0.15, -0.1) is 0 Å². The second-order valence-electron chi connectivity index (χ2n) is 3.43. The summed E-state index contributed by atoms with van der Waals surface area (Å²) in [5, 5.41) is 5.19. The highest BCUT2D eigenvalue weighted by Gasteiger charge is 2.08. The van der Waals surface area contributed by atoms with Crippen molar-refractivity contribution in [3.05, 3.63) is 30.5 Å². The molecule has 0 heterocycles. The molecule has 0 saturated heterocycles. The van der Waals surface area contributed by atoms with Crippen LogP contribution in [-0.4, -0.2) is 20.3 Å². The first-order valence-electron chi connectivity index (χ1n) is 5.02. The van der Waals surface area contributed by atoms with Gasteiger partial charge in [0.05, 0.1) is 19.9 Å². The average molecular weight is 236 g/mol. The van der Waals surface area contributed by atoms with Gasteiger partial charge in [0.15, 0.2) is 0 Å². The first kappa shape index (κ1) is 12.9. The lowest BCUT2D eigenvalue weighted by atomic mass is 10.2. The fraction of sp³-hybridized carbons (Fsp3) is 0.250. The van der Waals surface area contributed by atoms with E-state index in [0.29, 0.717) is 22.9 Å². The number of carbonyl (C=O) groups is 1. The van der Waals surface area contributed by atoms with Crippen LogP contribution in [0, 0.1) is 0 Å². The Morgan fingerprint density at radius 2 is 2.00 bits per heavy atom. The summed E-state index contributed by atoms with van der Waals surface area (Å²) in [6.45, 7) is 5.28. The Morgan fingerprint density at radius 3 is 2.53 bits per heavy atom. The minimum absolute atomic E-state index is 0.360. The highest BCUT2D eigenvalue weighted by Crippen LogP contribution is 2.28. The Morgan fingerprint density at radius 1 is 1.29 bits per heavy atom. The molecule has 0 spiro atoms. The third-order valence-electron chi connectivity index (χ3n) is 1.98. The summed E-state index contributed by atoms with van der Waals surface area (Å²) in [6, 6.07) is 4.77. The van der Waals surface area contributed by atoms with Crippen molar-refractivity contribution in [2.45, 2.75) is 6.92 Å². The van der Waals surface area contributed by atoms with Gasteiger partial charge in [0.1, 0.15) is 11.5 Å². The van der Waals surface area contributed by atoms with Gasteiger partial charge in [0.2, 0.25) is 0 Å². The number of hydrogen-bond donors (Lipinski definition) is 2. The number of benzene rings is 1. The van der Waals surface area contributed by atoms with Crippen LogP contribution >= 0.6 is 0 Å². The molecule has 0 aliphatic rings. The smallest absolute Gasteiger partial charge is 0.323 e. The van der Waals surface area contributed by atoms with Crippen LogP contribution in [0.5, 0.6) is 11.5 Å². The highest BCUT2D eigenvalue weighted by atomic mass is 16.5. The van der Waals surface area contributed by atoms with Crippen molar-refractivity contribution in [3.63, 3.8) is 0 Å². The number of methoxy groups -OCH3 is 2. The zero-order chi connectivity index (χ0) is 12.8. The molecule has 0 aliphatic heterocycles. The van der Waals surface area contributed by atoms with E-state index < -0.39 is 0 Å². The Hall–Kier alpha value is -2.17. The number of rotatable bonds is 4. The lowest BCUT2D eigenvalue weighted by molar-refractivity contribution is 0.254. The van der Waals surface area contributed by atoms with E-state index in [1.807, 2.05) is 0 Å². The molecule has 0 radical (unpaired) electrons. The lowest BCUT2D eigenvalue weighted by Gasteiger charge is -2.12. The minimum atomic E-state index is -0.360. The summed E-state index contributed by atoms with van der Waals surface area (Å²) in [5.41, 5.74) is 1.13. The van der Waals surface area contributed by atoms with Crippen LogP contribution in [0.2, 0.25) is 0 Å². The maximum absolute atomic E-state index is 11.5. The van der Waals surface area contributed by atoms with Crippen molar-refractivity contribution in [1.29, 1.82) is 0 Å². The van der Waals surface area contributed by atoms with Crippen LogP contribution < -0.4 is 20.1 Å². The van der Waals surface area contributed by atoms with Crippen molar-refractivity contribution >= 4 is 11.7 Å². The second-order valence-corrected chi connectivity index (χ2v) is 3.43. The normalized spacial score (nSPS) is 9.35. The summed E-state index contributed by atoms with van der Waals surface area (Å²) >= 11 is 0. The van der Waals surface area contributed by atoms with Crippen molar-refractivity contribution in [3.8, 4) is 11.5 Å². The Balaban J connectivity index is 2.83. The van der Waals surface area contributed by atoms with Crippen molar-refractivity contribution < 1.29 is 14.3 Å². The zero-order valence-corrected chi connectivity index (χ0v) is 10.2. The van der Waals surface area contributed by atoms with Crippen molar-refractivity contribution in [1.82, 2.24) is 5.32 Å². The van der Waals surface area contributed by atoms with E-state index in [1.54, 1.807) is 32.2 Å². The van der Waals surface area contributed by atoms with Gasteiger partial charge in [-0.2, -0.15) is 0 Å². The molecule has 1 rings (SSSR count). The van der Waals surface area contributed by atoms with Crippen molar-refractivity contribution in [2.24, 2.45) is 0 Å². The van der Waals surface area contributed by atoms with Crippen LogP contribution in [0.15, 0.2) is 30.5 Å². The summed E-state index contributed by atoms with van der Waals surface area (Å²) < 4.78 is 10.2. The molecule has 0 fully saturated rings. The fourth-order valence-corrected chi connectivity index (χ4v) is 1.25. The predicted octanol–water partition coefficient (Wildman–Crippen LogP) is 2.36. The number of anilines is 1. The monoisotopic (exact) mass is 236 g/mol. The molecule has 0 aromatic heterocycles. The van der Waals surface area contributed by atoms with Gasteiger partial charge in [-0.1, -0.05) is 6.58 Å². The van der Waals surface area contributed by atoms with Gasteiger partial charge in [-0.25, -0.2) is 4.79 Å². The van der Waals surface area contributed by atoms with E-state index in [0.717, 1.165) is 0 Å². The number of amides is 2. The maximum atomic E-state index is 11.5. The number of carbonyl (C=O) groups excluding carboxylic acids is 1. The molecule has 0 aliphatic carbocycles. The zero-order valence-electron chi connectivity index (χ0n) is 10.2. The SMILES string of the molecule is C=C(C)NC(=O)Nc1ccc(OC)cc1OC. The number of allylic oxidation sites excluding steroid dienone is 1. The van der Waals surface area contributed by atoms with E-state index in [2.05, 4.69) is 17.2 Å². The molecule has 0 saturated carbocycles. The summed E-state index contributed by atoms with van der Waals surface area (Å²) in [6.07, 6.45) is 0. The molecule has 2 N–H and O–H groups in total. The summed E-state index contributed by atoms with van der Waals surface area (Å²) in [5.74, 6) is 1.19. The number of ether oxygens (including phenoxy) is 2. The summed E-state index contributed by atoms with van der Waals surface area (Å²) in [7, 11) is 3.09. The average Bonchev–Trinajstić information content (AvgIpc) is 2.28. The predicted molar refractivity (Wildman–Crippen MR) is 66.5 cm³/mol. The standard InChI is InChI=1S/C12H16N2O3/c1-8(2)13-12(15)14-10-6-5-9(16-3)7-11(10)17-4/h5-7H,1H2,2-4H3,(H2,13,14,15). The van der Waals surface area contributed by atoms with Gasteiger partial charge in [0.25, 0.3) is 0 Å². The molecule has 0 unspecified atom stereocenters. The highest BCUT2D eigenvalue weighted by molar-refractivity contribution is 5.92. The van der Waals surface area contributed by atoms with Crippen LogP contribution in [-0.2, 0) is 0 Å². The van der Waals surface area contributed by atoms with E-state index in [4.69, 9.17) is 9.47 Å². The molecular formula is C12H16N2O3. The molecule has 2 amide bonds. The Bertz CT molecular complexity index is 430. The molecule has 1 aromatic carbocycles. The first-order valence-corrected chi connectivity index (χ1v) is 5.02. The topological polar surface area (TPSA) is 59.6 Å². The number of nitrogens with one attached hydrogen (secondary N) is 2. The Labute approximate surface area is 100 Å². The van der Waals surface area contributed by atoms with Gasteiger partial charge >= 0.3 is 6.03 Å². The molecule has 92 valence electrons. The van der Waals surface area contributed by atoms with Gasteiger partial charge in [-0.3, -0.25) is 0 Å². The summed E-state index contributed by atoms with van der Waals surface area (Å²) in [4.78, 5) is 11.5. The van der Waals surface area contributed by atoms with Crippen LogP contribution in [0.4, 0.5) is 10.5 Å². The van der Waals surface area contributed by atoms with Crippen LogP contribution in [0.25, 0.3) is 0 Å². The Kier molecular flexibility index (Phi) is 4.39. The molecular weight excluding hydrogens is 220 g/mol. The molecule has 0 bridgehead atoms. The largest absolute Gasteiger partial charge is 0.497 e. The molecule has 5 heteroatoms. The molecule has 17 heavy (non-hydrogen) atoms. The minimum Gasteiger partial charge on any atom is -0.497 e. The third kappa shape index (κ3) is 3.71. The maximum Gasteiger partial charge on any atom is 0.323 e. The lowest BCUT2D eigenvalue weighted by Crippen LogP contribution is -2.26. The van der Waals surface area contributed by atoms with Gasteiger partial charge in [0, 0.05) is 11.8 Å². The first-order chi connectivity index (χ1) is 8.06. The molecule has 0 atom stereocenters. The van der Waals surface area contributed by atoms with Gasteiger partial charge < -0.3 is 20.1 Å². The third-order valence-corrected chi connectivity index (χ3v) is 1.98. The number of urea groups is 1. The molecule has 5 nitrogen and oxygen atoms in total. The van der Waals surface area contributed by atoms with Crippen LogP contribution in [0.3, 0.4) is 0 Å². The quantitative estimate of drug-likeness (QED) is 0.843. The second kappa shape index (κ2) is 5.79. The molecule has 1 aromatic rings. The van der Waals surface area contributed by atoms with E-state index in [-0.39, 0.29) is 6.03 Å². The number of hydrogen-bond acceptors (Lipinski definition) is 3. The fourth-order valence-electron chi connectivity index (χ4n) is 1.25. The van der Waals surface area contributed by atoms with E-state index >= 15 is 0 Å². The van der Waals surface area contributed by atoms with E-state index in [9.17, 15) is 4.79 Å². The van der Waals surface area contributed by atoms with Crippen molar-refractivity contribution in [2.75, 3.05) is 19.5 Å². The van der Waals surface area contributed by atoms with E-state index in [1.165, 1.54) is 7.11 Å². The van der Waals surface area contributed by atoms with Crippen LogP contribution in [0.1, 0.15) is 6.92 Å². The van der Waals surface area contributed by atoms with Gasteiger partial charge in [-0.05, 0) is 19.1 Å².